The summed E-state index contributed by atoms with van der Waals surface area (Å²) in [5.41, 5.74) is 1.01. The fourth-order valence-electron chi connectivity index (χ4n) is 2.66. The van der Waals surface area contributed by atoms with Gasteiger partial charge in [-0.15, -0.1) is 0 Å². The van der Waals surface area contributed by atoms with Gasteiger partial charge in [0.2, 0.25) is 0 Å². The quantitative estimate of drug-likeness (QED) is 0.913. The Morgan fingerprint density at radius 2 is 1.84 bits per heavy atom. The Bertz CT molecular complexity index is 431. The van der Waals surface area contributed by atoms with Gasteiger partial charge >= 0.3 is 0 Å². The van der Waals surface area contributed by atoms with E-state index in [9.17, 15) is 0 Å². The fraction of sp³-hybridized carbons (Fsp3) is 0.625. The summed E-state index contributed by atoms with van der Waals surface area (Å²) in [6, 6.07) is 8.05. The Hall–Kier alpha value is -0.570. The van der Waals surface area contributed by atoms with Crippen LogP contribution in [0.1, 0.15) is 33.3 Å². The van der Waals surface area contributed by atoms with Crippen molar-refractivity contribution in [3.05, 3.63) is 34.9 Å². The van der Waals surface area contributed by atoms with E-state index in [4.69, 9.17) is 16.3 Å². The Labute approximate surface area is 121 Å². The van der Waals surface area contributed by atoms with Crippen LogP contribution in [0.25, 0.3) is 0 Å². The number of morpholine rings is 1. The maximum absolute atomic E-state index is 6.46. The van der Waals surface area contributed by atoms with Crippen molar-refractivity contribution < 1.29 is 4.74 Å². The second-order valence-electron chi connectivity index (χ2n) is 6.43. The molecule has 1 aliphatic rings. The molecule has 1 fully saturated rings. The lowest BCUT2D eigenvalue weighted by atomic mass is 9.86. The minimum absolute atomic E-state index is 0.0978. The van der Waals surface area contributed by atoms with Gasteiger partial charge in [-0.25, -0.2) is 0 Å². The minimum Gasteiger partial charge on any atom is -0.366 e. The van der Waals surface area contributed by atoms with Crippen LogP contribution in [0.15, 0.2) is 24.3 Å². The standard InChI is InChI=1S/C16H24ClNO/c1-12(2)16(4)11-18-10-15(3,19-16)9-13-5-7-14(17)8-6-13/h5-8,12,18H,9-11H2,1-4H3. The number of hydrogen-bond donors (Lipinski definition) is 1. The Morgan fingerprint density at radius 1 is 1.21 bits per heavy atom. The summed E-state index contributed by atoms with van der Waals surface area (Å²) in [5.74, 6) is 0.491. The number of ether oxygens (including phenoxy) is 1. The molecule has 1 heterocycles. The van der Waals surface area contributed by atoms with Crippen LogP contribution >= 0.6 is 11.6 Å². The molecule has 2 nitrogen and oxygen atoms in total. The van der Waals surface area contributed by atoms with Crippen molar-refractivity contribution in [3.8, 4) is 0 Å². The van der Waals surface area contributed by atoms with E-state index in [0.29, 0.717) is 5.92 Å². The lowest BCUT2D eigenvalue weighted by molar-refractivity contribution is -0.180. The van der Waals surface area contributed by atoms with Crippen molar-refractivity contribution >= 4 is 11.6 Å². The second kappa shape index (κ2) is 5.43. The van der Waals surface area contributed by atoms with Crippen molar-refractivity contribution in [2.45, 2.75) is 45.3 Å². The van der Waals surface area contributed by atoms with Gasteiger partial charge in [-0.2, -0.15) is 0 Å². The molecule has 106 valence electrons. The van der Waals surface area contributed by atoms with E-state index in [1.165, 1.54) is 5.56 Å². The minimum atomic E-state index is -0.162. The monoisotopic (exact) mass is 281 g/mol. The van der Waals surface area contributed by atoms with Crippen molar-refractivity contribution in [2.75, 3.05) is 13.1 Å². The number of halogens is 1. The summed E-state index contributed by atoms with van der Waals surface area (Å²) in [4.78, 5) is 0. The van der Waals surface area contributed by atoms with Crippen LogP contribution in [0, 0.1) is 5.92 Å². The summed E-state index contributed by atoms with van der Waals surface area (Å²) in [7, 11) is 0. The Morgan fingerprint density at radius 3 is 2.42 bits per heavy atom. The number of rotatable bonds is 3. The average Bonchev–Trinajstić information content (AvgIpc) is 2.31. The molecule has 1 aliphatic heterocycles. The topological polar surface area (TPSA) is 21.3 Å². The van der Waals surface area contributed by atoms with Crippen LogP contribution in [-0.4, -0.2) is 24.3 Å². The third-order valence-corrected chi connectivity index (χ3v) is 4.42. The molecular formula is C16H24ClNO. The molecule has 2 unspecified atom stereocenters. The van der Waals surface area contributed by atoms with Crippen molar-refractivity contribution in [1.82, 2.24) is 5.32 Å². The van der Waals surface area contributed by atoms with Crippen LogP contribution in [0.5, 0.6) is 0 Å². The van der Waals surface area contributed by atoms with Gasteiger partial charge in [-0.1, -0.05) is 37.6 Å². The summed E-state index contributed by atoms with van der Waals surface area (Å²) in [6.07, 6.45) is 0.902. The molecule has 0 aromatic heterocycles. The van der Waals surface area contributed by atoms with Gasteiger partial charge in [0.15, 0.2) is 0 Å². The molecule has 2 atom stereocenters. The average molecular weight is 282 g/mol. The maximum atomic E-state index is 6.46. The second-order valence-corrected chi connectivity index (χ2v) is 6.86. The maximum Gasteiger partial charge on any atom is 0.0826 e. The zero-order chi connectivity index (χ0) is 14.1. The largest absolute Gasteiger partial charge is 0.366 e. The highest BCUT2D eigenvalue weighted by molar-refractivity contribution is 6.30. The molecule has 1 saturated heterocycles. The molecule has 0 aliphatic carbocycles. The van der Waals surface area contributed by atoms with Gasteiger partial charge in [-0.3, -0.25) is 0 Å². The lowest BCUT2D eigenvalue weighted by Gasteiger charge is -2.48. The van der Waals surface area contributed by atoms with E-state index >= 15 is 0 Å². The van der Waals surface area contributed by atoms with Gasteiger partial charge in [0.05, 0.1) is 11.2 Å². The highest BCUT2D eigenvalue weighted by Crippen LogP contribution is 2.32. The molecule has 19 heavy (non-hydrogen) atoms. The first kappa shape index (κ1) is 14.8. The van der Waals surface area contributed by atoms with Gasteiger partial charge in [0.1, 0.15) is 0 Å². The number of hydrogen-bond acceptors (Lipinski definition) is 2. The first-order chi connectivity index (χ1) is 8.83. The molecule has 0 amide bonds. The number of nitrogens with one attached hydrogen (secondary N) is 1. The number of benzene rings is 1. The van der Waals surface area contributed by atoms with Gasteiger partial charge in [0, 0.05) is 24.5 Å². The van der Waals surface area contributed by atoms with E-state index in [1.807, 2.05) is 12.1 Å². The van der Waals surface area contributed by atoms with E-state index in [1.54, 1.807) is 0 Å². The third-order valence-electron chi connectivity index (χ3n) is 4.17. The van der Waals surface area contributed by atoms with E-state index in [-0.39, 0.29) is 11.2 Å². The molecule has 1 aromatic rings. The summed E-state index contributed by atoms with van der Waals surface area (Å²) >= 11 is 5.93. The van der Waals surface area contributed by atoms with Crippen LogP contribution in [-0.2, 0) is 11.2 Å². The normalized spacial score (nSPS) is 31.7. The SMILES string of the molecule is CC(C)C1(C)CNCC(C)(Cc2ccc(Cl)cc2)O1. The van der Waals surface area contributed by atoms with Gasteiger partial charge in [0.25, 0.3) is 0 Å². The van der Waals surface area contributed by atoms with Crippen molar-refractivity contribution in [1.29, 1.82) is 0 Å². The summed E-state index contributed by atoms with van der Waals surface area (Å²) in [5, 5.41) is 4.31. The molecule has 3 heteroatoms. The fourth-order valence-corrected chi connectivity index (χ4v) is 2.79. The first-order valence-corrected chi connectivity index (χ1v) is 7.36. The molecule has 1 N–H and O–H groups in total. The first-order valence-electron chi connectivity index (χ1n) is 6.98. The van der Waals surface area contributed by atoms with Crippen molar-refractivity contribution in [2.24, 2.45) is 5.92 Å². The highest BCUT2D eigenvalue weighted by Gasteiger charge is 2.41. The van der Waals surface area contributed by atoms with E-state index in [2.05, 4.69) is 45.1 Å². The molecular weight excluding hydrogens is 258 g/mol. The molecule has 0 saturated carbocycles. The van der Waals surface area contributed by atoms with E-state index < -0.39 is 0 Å². The van der Waals surface area contributed by atoms with Crippen LogP contribution in [0.4, 0.5) is 0 Å². The predicted molar refractivity (Wildman–Crippen MR) is 80.8 cm³/mol. The van der Waals surface area contributed by atoms with Crippen LogP contribution < -0.4 is 5.32 Å². The summed E-state index contributed by atoms with van der Waals surface area (Å²) in [6.45, 7) is 10.6. The molecule has 2 rings (SSSR count). The summed E-state index contributed by atoms with van der Waals surface area (Å²) < 4.78 is 6.46. The smallest absolute Gasteiger partial charge is 0.0826 e. The zero-order valence-electron chi connectivity index (χ0n) is 12.3. The Kier molecular flexibility index (Phi) is 4.24. The van der Waals surface area contributed by atoms with Crippen LogP contribution in [0.2, 0.25) is 5.02 Å². The molecule has 0 radical (unpaired) electrons. The molecule has 0 bridgehead atoms. The third kappa shape index (κ3) is 3.50. The van der Waals surface area contributed by atoms with Gasteiger partial charge < -0.3 is 10.1 Å². The lowest BCUT2D eigenvalue weighted by Crippen LogP contribution is -2.60. The zero-order valence-corrected chi connectivity index (χ0v) is 13.1. The Balaban J connectivity index is 2.11. The molecule has 1 aromatic carbocycles. The van der Waals surface area contributed by atoms with E-state index in [0.717, 1.165) is 24.5 Å². The van der Waals surface area contributed by atoms with Gasteiger partial charge in [-0.05, 0) is 37.5 Å². The van der Waals surface area contributed by atoms with Crippen molar-refractivity contribution in [3.63, 3.8) is 0 Å². The molecule has 0 spiro atoms. The highest BCUT2D eigenvalue weighted by atomic mass is 35.5. The van der Waals surface area contributed by atoms with Crippen LogP contribution in [0.3, 0.4) is 0 Å². The predicted octanol–water partition coefficient (Wildman–Crippen LogP) is 3.68.